The van der Waals surface area contributed by atoms with Gasteiger partial charge < -0.3 is 15.7 Å². The highest BCUT2D eigenvalue weighted by atomic mass is 35.5. The van der Waals surface area contributed by atoms with Gasteiger partial charge in [-0.15, -0.1) is 0 Å². The number of hydrogen-bond acceptors (Lipinski definition) is 3. The number of nitrogens with two attached hydrogens (primary N) is 1. The van der Waals surface area contributed by atoms with Crippen LogP contribution in [0.15, 0.2) is 41.6 Å². The van der Waals surface area contributed by atoms with E-state index in [-0.39, 0.29) is 5.84 Å². The number of rotatable bonds is 3. The molecule has 0 heterocycles. The Hall–Kier alpha value is -1.91. The summed E-state index contributed by atoms with van der Waals surface area (Å²) in [6.45, 7) is 1.92. The van der Waals surface area contributed by atoms with Crippen LogP contribution in [0.25, 0.3) is 0 Å². The van der Waals surface area contributed by atoms with Gasteiger partial charge in [-0.3, -0.25) is 0 Å². The van der Waals surface area contributed by atoms with Crippen molar-refractivity contribution in [2.75, 3.05) is 0 Å². The molecule has 0 aliphatic heterocycles. The Morgan fingerprint density at radius 2 is 1.90 bits per heavy atom. The number of ether oxygens (including phenoxy) is 1. The van der Waals surface area contributed by atoms with Crippen molar-refractivity contribution in [3.05, 3.63) is 57.6 Å². The summed E-state index contributed by atoms with van der Waals surface area (Å²) in [5.74, 6) is 0.704. The van der Waals surface area contributed by atoms with E-state index in [2.05, 4.69) is 5.16 Å². The number of hydrogen-bond donors (Lipinski definition) is 2. The number of halogens is 2. The molecule has 20 heavy (non-hydrogen) atoms. The van der Waals surface area contributed by atoms with Crippen LogP contribution in [0.5, 0.6) is 11.5 Å². The predicted molar refractivity (Wildman–Crippen MR) is 80.2 cm³/mol. The maximum Gasteiger partial charge on any atom is 0.175 e. The minimum Gasteiger partial charge on any atom is -0.455 e. The summed E-state index contributed by atoms with van der Waals surface area (Å²) in [6, 6.07) is 10.4. The Labute approximate surface area is 126 Å². The lowest BCUT2D eigenvalue weighted by Gasteiger charge is -2.13. The Kier molecular flexibility index (Phi) is 4.37. The van der Waals surface area contributed by atoms with Gasteiger partial charge in [-0.1, -0.05) is 40.5 Å². The van der Waals surface area contributed by atoms with Gasteiger partial charge in [0.15, 0.2) is 5.84 Å². The fourth-order valence-corrected chi connectivity index (χ4v) is 2.11. The van der Waals surface area contributed by atoms with E-state index in [1.807, 2.05) is 13.0 Å². The van der Waals surface area contributed by atoms with Gasteiger partial charge in [-0.25, -0.2) is 0 Å². The van der Waals surface area contributed by atoms with E-state index in [4.69, 9.17) is 38.9 Å². The summed E-state index contributed by atoms with van der Waals surface area (Å²) in [5, 5.41) is 12.6. The summed E-state index contributed by atoms with van der Waals surface area (Å²) in [5.41, 5.74) is 6.93. The molecule has 2 rings (SSSR count). The first-order chi connectivity index (χ1) is 9.52. The van der Waals surface area contributed by atoms with Crippen molar-refractivity contribution in [2.24, 2.45) is 10.9 Å². The molecule has 0 bridgehead atoms. The highest BCUT2D eigenvalue weighted by molar-refractivity contribution is 6.34. The summed E-state index contributed by atoms with van der Waals surface area (Å²) in [4.78, 5) is 0. The number of nitrogens with zero attached hydrogens (tertiary/aromatic N) is 1. The van der Waals surface area contributed by atoms with Gasteiger partial charge in [0.25, 0.3) is 0 Å². The van der Waals surface area contributed by atoms with Gasteiger partial charge in [0.05, 0.1) is 15.6 Å². The van der Waals surface area contributed by atoms with Crippen molar-refractivity contribution in [3.63, 3.8) is 0 Å². The van der Waals surface area contributed by atoms with E-state index < -0.39 is 0 Å². The normalized spacial score (nSPS) is 11.4. The molecule has 0 aromatic heterocycles. The second-order valence-electron chi connectivity index (χ2n) is 4.13. The van der Waals surface area contributed by atoms with Crippen LogP contribution >= 0.6 is 23.2 Å². The smallest absolute Gasteiger partial charge is 0.175 e. The van der Waals surface area contributed by atoms with E-state index in [1.54, 1.807) is 30.3 Å². The van der Waals surface area contributed by atoms with Crippen LogP contribution in [0.4, 0.5) is 0 Å². The number of amidine groups is 1. The third kappa shape index (κ3) is 2.98. The van der Waals surface area contributed by atoms with Crippen LogP contribution < -0.4 is 10.5 Å². The number of oxime groups is 1. The summed E-state index contributed by atoms with van der Waals surface area (Å²) >= 11 is 12.1. The Morgan fingerprint density at radius 3 is 2.60 bits per heavy atom. The van der Waals surface area contributed by atoms with Gasteiger partial charge in [0, 0.05) is 0 Å². The molecule has 0 saturated heterocycles. The molecule has 4 nitrogen and oxygen atoms in total. The molecule has 0 aliphatic carbocycles. The van der Waals surface area contributed by atoms with Crippen LogP contribution in [0.2, 0.25) is 10.0 Å². The van der Waals surface area contributed by atoms with Crippen molar-refractivity contribution in [1.29, 1.82) is 0 Å². The SMILES string of the molecule is Cc1ccc(Cl)c(Oc2cccc(Cl)c2C(N)=NO)c1. The largest absolute Gasteiger partial charge is 0.455 e. The number of aryl methyl sites for hydroxylation is 1. The zero-order chi connectivity index (χ0) is 14.7. The lowest BCUT2D eigenvalue weighted by molar-refractivity contribution is 0.318. The maximum atomic E-state index is 8.82. The minimum atomic E-state index is -0.130. The molecular weight excluding hydrogens is 299 g/mol. The average molecular weight is 311 g/mol. The van der Waals surface area contributed by atoms with Crippen LogP contribution in [-0.2, 0) is 0 Å². The van der Waals surface area contributed by atoms with E-state index in [0.717, 1.165) is 5.56 Å². The van der Waals surface area contributed by atoms with Crippen molar-refractivity contribution in [2.45, 2.75) is 6.92 Å². The van der Waals surface area contributed by atoms with E-state index >= 15 is 0 Å². The first-order valence-corrected chi connectivity index (χ1v) is 6.49. The highest BCUT2D eigenvalue weighted by Gasteiger charge is 2.14. The molecule has 2 aromatic carbocycles. The fraction of sp³-hybridized carbons (Fsp3) is 0.0714. The Morgan fingerprint density at radius 1 is 1.15 bits per heavy atom. The van der Waals surface area contributed by atoms with Crippen molar-refractivity contribution in [1.82, 2.24) is 0 Å². The molecule has 0 radical (unpaired) electrons. The second kappa shape index (κ2) is 6.03. The number of benzene rings is 2. The Balaban J connectivity index is 2.49. The van der Waals surface area contributed by atoms with Crippen LogP contribution in [-0.4, -0.2) is 11.0 Å². The van der Waals surface area contributed by atoms with Crippen molar-refractivity contribution in [3.8, 4) is 11.5 Å². The summed E-state index contributed by atoms with van der Waals surface area (Å²) in [6.07, 6.45) is 0. The van der Waals surface area contributed by atoms with E-state index in [1.165, 1.54) is 0 Å². The van der Waals surface area contributed by atoms with Crippen molar-refractivity contribution < 1.29 is 9.94 Å². The lowest BCUT2D eigenvalue weighted by atomic mass is 10.2. The highest BCUT2D eigenvalue weighted by Crippen LogP contribution is 2.34. The third-order valence-corrected chi connectivity index (χ3v) is 3.27. The predicted octanol–water partition coefficient (Wildman–Crippen LogP) is 4.19. The topological polar surface area (TPSA) is 67.8 Å². The van der Waals surface area contributed by atoms with Gasteiger partial charge in [-0.2, -0.15) is 0 Å². The van der Waals surface area contributed by atoms with Gasteiger partial charge in [0.1, 0.15) is 11.5 Å². The Bertz CT molecular complexity index is 672. The molecule has 6 heteroatoms. The monoisotopic (exact) mass is 310 g/mol. The second-order valence-corrected chi connectivity index (χ2v) is 4.95. The average Bonchev–Trinajstić information content (AvgIpc) is 2.42. The zero-order valence-electron chi connectivity index (χ0n) is 10.6. The lowest BCUT2D eigenvalue weighted by Crippen LogP contribution is -2.14. The molecule has 0 unspecified atom stereocenters. The maximum absolute atomic E-state index is 8.82. The van der Waals surface area contributed by atoms with Gasteiger partial charge in [0.2, 0.25) is 0 Å². The molecule has 0 aliphatic rings. The first-order valence-electron chi connectivity index (χ1n) is 5.73. The fourth-order valence-electron chi connectivity index (χ4n) is 1.70. The molecule has 104 valence electrons. The molecule has 0 saturated carbocycles. The van der Waals surface area contributed by atoms with Crippen LogP contribution in [0.1, 0.15) is 11.1 Å². The molecule has 0 spiro atoms. The molecule has 2 aromatic rings. The van der Waals surface area contributed by atoms with Gasteiger partial charge >= 0.3 is 0 Å². The van der Waals surface area contributed by atoms with Crippen LogP contribution in [0, 0.1) is 6.92 Å². The molecule has 3 N–H and O–H groups in total. The van der Waals surface area contributed by atoms with E-state index in [9.17, 15) is 0 Å². The minimum absolute atomic E-state index is 0.130. The summed E-state index contributed by atoms with van der Waals surface area (Å²) in [7, 11) is 0. The van der Waals surface area contributed by atoms with Crippen LogP contribution in [0.3, 0.4) is 0 Å². The molecular formula is C14H12Cl2N2O2. The van der Waals surface area contributed by atoms with E-state index in [0.29, 0.717) is 27.1 Å². The third-order valence-electron chi connectivity index (χ3n) is 2.65. The molecule has 0 amide bonds. The first kappa shape index (κ1) is 14.5. The standard InChI is InChI=1S/C14H12Cl2N2O2/c1-8-5-6-9(15)12(7-8)20-11-4-2-3-10(16)13(11)14(17)18-19/h2-7,19H,1H3,(H2,17,18). The molecule has 0 atom stereocenters. The van der Waals surface area contributed by atoms with Gasteiger partial charge in [-0.05, 0) is 36.8 Å². The van der Waals surface area contributed by atoms with Crippen molar-refractivity contribution >= 4 is 29.0 Å². The quantitative estimate of drug-likeness (QED) is 0.386. The summed E-state index contributed by atoms with van der Waals surface area (Å²) < 4.78 is 5.74. The molecule has 0 fully saturated rings. The zero-order valence-corrected chi connectivity index (χ0v) is 12.1.